The van der Waals surface area contributed by atoms with Crippen LogP contribution in [0.25, 0.3) is 0 Å². The lowest BCUT2D eigenvalue weighted by Crippen LogP contribution is -2.51. The fraction of sp³-hybridized carbons (Fsp3) is 0.400. The number of hydrogen-bond donors (Lipinski definition) is 1. The summed E-state index contributed by atoms with van der Waals surface area (Å²) in [5, 5.41) is 2.98. The molecule has 0 spiro atoms. The van der Waals surface area contributed by atoms with Crippen molar-refractivity contribution in [2.45, 2.75) is 38.1 Å². The number of rotatable bonds is 9. The Kier molecular flexibility index (Phi) is 9.44. The van der Waals surface area contributed by atoms with Gasteiger partial charge < -0.3 is 10.1 Å². The van der Waals surface area contributed by atoms with E-state index < -0.39 is 22.0 Å². The summed E-state index contributed by atoms with van der Waals surface area (Å²) < 4.78 is 33.7. The first kappa shape index (κ1) is 29.5. The fourth-order valence-electron chi connectivity index (χ4n) is 5.07. The molecule has 1 fully saturated rings. The van der Waals surface area contributed by atoms with Gasteiger partial charge in [0, 0.05) is 38.4 Å². The van der Waals surface area contributed by atoms with E-state index in [0.717, 1.165) is 16.7 Å². The van der Waals surface area contributed by atoms with Gasteiger partial charge in [-0.1, -0.05) is 53.6 Å². The van der Waals surface area contributed by atoms with Crippen LogP contribution in [0, 0.1) is 13.8 Å². The van der Waals surface area contributed by atoms with E-state index in [0.29, 0.717) is 43.9 Å². The second kappa shape index (κ2) is 12.8. The van der Waals surface area contributed by atoms with Crippen LogP contribution in [-0.2, 0) is 19.6 Å². The lowest BCUT2D eigenvalue weighted by atomic mass is 9.93. The molecule has 10 heteroatoms. The predicted molar refractivity (Wildman–Crippen MR) is 154 cm³/mol. The molecule has 0 saturated carbocycles. The van der Waals surface area contributed by atoms with Crippen LogP contribution in [0.4, 0.5) is 4.79 Å². The summed E-state index contributed by atoms with van der Waals surface area (Å²) >= 11 is 0. The molecule has 1 atom stereocenters. The maximum absolute atomic E-state index is 13.4. The molecule has 1 N–H and O–H groups in total. The summed E-state index contributed by atoms with van der Waals surface area (Å²) in [5.74, 6) is -0.490. The van der Waals surface area contributed by atoms with Crippen LogP contribution in [-0.4, -0.2) is 80.4 Å². The normalized spacial score (nSPS) is 19.2. The summed E-state index contributed by atoms with van der Waals surface area (Å²) in [6.45, 7) is 11.9. The Morgan fingerprint density at radius 3 is 2.30 bits per heavy atom. The van der Waals surface area contributed by atoms with Crippen molar-refractivity contribution in [3.8, 4) is 0 Å². The van der Waals surface area contributed by atoms with E-state index >= 15 is 0 Å². The largest absolute Gasteiger partial charge is 0.463 e. The number of sulfonamides is 1. The number of carbonyl (C=O) groups excluding carboxylic acids is 2. The zero-order valence-corrected chi connectivity index (χ0v) is 24.2. The van der Waals surface area contributed by atoms with Gasteiger partial charge in [0.05, 0.1) is 23.1 Å². The minimum atomic E-state index is -3.63. The molecular formula is C30H38N4O5S. The molecule has 2 aliphatic heterocycles. The number of benzene rings is 2. The van der Waals surface area contributed by atoms with Crippen molar-refractivity contribution in [1.29, 1.82) is 0 Å². The number of nitrogens with zero attached hydrogens (tertiary/aromatic N) is 3. The zero-order chi connectivity index (χ0) is 28.9. The molecule has 4 rings (SSSR count). The molecule has 2 aromatic carbocycles. The van der Waals surface area contributed by atoms with Crippen molar-refractivity contribution in [3.05, 3.63) is 89.1 Å². The van der Waals surface area contributed by atoms with Crippen molar-refractivity contribution >= 4 is 22.0 Å². The highest BCUT2D eigenvalue weighted by molar-refractivity contribution is 7.89. The maximum Gasteiger partial charge on any atom is 0.338 e. The Morgan fingerprint density at radius 2 is 1.68 bits per heavy atom. The molecule has 0 aromatic heterocycles. The summed E-state index contributed by atoms with van der Waals surface area (Å²) in [4.78, 5) is 30.6. The van der Waals surface area contributed by atoms with Crippen LogP contribution in [0.5, 0.6) is 0 Å². The van der Waals surface area contributed by atoms with E-state index in [1.165, 1.54) is 9.21 Å². The summed E-state index contributed by atoms with van der Waals surface area (Å²) in [7, 11) is -3.63. The topological polar surface area (TPSA) is 99.3 Å². The summed E-state index contributed by atoms with van der Waals surface area (Å²) in [5.41, 5.74) is 3.76. The van der Waals surface area contributed by atoms with Gasteiger partial charge in [0.1, 0.15) is 0 Å². The van der Waals surface area contributed by atoms with Crippen LogP contribution in [0.15, 0.2) is 77.4 Å². The number of ether oxygens (including phenoxy) is 1. The van der Waals surface area contributed by atoms with Crippen molar-refractivity contribution in [1.82, 2.24) is 19.4 Å². The van der Waals surface area contributed by atoms with Crippen molar-refractivity contribution < 1.29 is 22.7 Å². The molecule has 2 aliphatic rings. The van der Waals surface area contributed by atoms with E-state index in [1.807, 2.05) is 38.1 Å². The van der Waals surface area contributed by atoms with Gasteiger partial charge in [0.15, 0.2) is 0 Å². The first-order valence-corrected chi connectivity index (χ1v) is 15.0. The van der Waals surface area contributed by atoms with Gasteiger partial charge in [-0.05, 0) is 51.4 Å². The van der Waals surface area contributed by atoms with Crippen molar-refractivity contribution in [2.75, 3.05) is 45.9 Å². The molecule has 2 amide bonds. The minimum absolute atomic E-state index is 0.196. The number of urea groups is 1. The molecule has 2 heterocycles. The standard InChI is InChI=1S/C30H38N4O5S/c1-5-16-34-26(27(29(35)39-6-2)28(31-30(34)36)24-12-8-22(3)9-13-24)21-32-17-7-18-33(20-19-32)40(37,38)25-14-10-23(4)11-15-25/h5,8-15,28H,1,6-7,16-21H2,2-4H3,(H,31,36)/t28-/m0/s1. The summed E-state index contributed by atoms with van der Waals surface area (Å²) in [6, 6.07) is 13.6. The number of esters is 1. The predicted octanol–water partition coefficient (Wildman–Crippen LogP) is 3.77. The van der Waals surface area contributed by atoms with Crippen molar-refractivity contribution in [3.63, 3.8) is 0 Å². The average molecular weight is 567 g/mol. The Balaban J connectivity index is 1.66. The Morgan fingerprint density at radius 1 is 1.02 bits per heavy atom. The average Bonchev–Trinajstić information content (AvgIpc) is 3.17. The Bertz CT molecular complexity index is 1370. The van der Waals surface area contributed by atoms with Gasteiger partial charge in [0.25, 0.3) is 0 Å². The number of aryl methyl sites for hydroxylation is 2. The van der Waals surface area contributed by atoms with Crippen molar-refractivity contribution in [2.24, 2.45) is 0 Å². The zero-order valence-electron chi connectivity index (χ0n) is 23.4. The molecular weight excluding hydrogens is 528 g/mol. The van der Waals surface area contributed by atoms with Crippen LogP contribution in [0.1, 0.15) is 36.1 Å². The highest BCUT2D eigenvalue weighted by Crippen LogP contribution is 2.32. The minimum Gasteiger partial charge on any atom is -0.463 e. The monoisotopic (exact) mass is 566 g/mol. The highest BCUT2D eigenvalue weighted by Gasteiger charge is 2.39. The SMILES string of the molecule is C=CCN1C(=O)N[C@@H](c2ccc(C)cc2)C(C(=O)OCC)=C1CN1CCCN(S(=O)(=O)c2ccc(C)cc2)CC1. The lowest BCUT2D eigenvalue weighted by Gasteiger charge is -2.38. The first-order valence-electron chi connectivity index (χ1n) is 13.6. The smallest absolute Gasteiger partial charge is 0.338 e. The fourth-order valence-corrected chi connectivity index (χ4v) is 6.54. The third kappa shape index (κ3) is 6.46. The number of carbonyl (C=O) groups is 2. The molecule has 1 saturated heterocycles. The van der Waals surface area contributed by atoms with Crippen LogP contribution >= 0.6 is 0 Å². The Labute approximate surface area is 237 Å². The van der Waals surface area contributed by atoms with E-state index in [2.05, 4.69) is 16.8 Å². The van der Waals surface area contributed by atoms with E-state index in [1.54, 1.807) is 37.3 Å². The quantitative estimate of drug-likeness (QED) is 0.367. The number of nitrogens with one attached hydrogen (secondary N) is 1. The molecule has 0 unspecified atom stereocenters. The second-order valence-electron chi connectivity index (χ2n) is 10.1. The molecule has 214 valence electrons. The number of hydrogen-bond acceptors (Lipinski definition) is 6. The van der Waals surface area contributed by atoms with Gasteiger partial charge in [-0.2, -0.15) is 4.31 Å². The van der Waals surface area contributed by atoms with Gasteiger partial charge in [-0.3, -0.25) is 9.80 Å². The second-order valence-corrected chi connectivity index (χ2v) is 12.1. The molecule has 2 aromatic rings. The molecule has 40 heavy (non-hydrogen) atoms. The van der Waals surface area contributed by atoms with Gasteiger partial charge in [-0.25, -0.2) is 18.0 Å². The van der Waals surface area contributed by atoms with Gasteiger partial charge in [0.2, 0.25) is 10.0 Å². The van der Waals surface area contributed by atoms with E-state index in [4.69, 9.17) is 4.74 Å². The van der Waals surface area contributed by atoms with Crippen LogP contribution in [0.3, 0.4) is 0 Å². The molecule has 9 nitrogen and oxygen atoms in total. The summed E-state index contributed by atoms with van der Waals surface area (Å²) in [6.07, 6.45) is 2.23. The molecule has 0 aliphatic carbocycles. The van der Waals surface area contributed by atoms with E-state index in [-0.39, 0.29) is 30.6 Å². The number of amides is 2. The molecule has 0 radical (unpaired) electrons. The third-order valence-electron chi connectivity index (χ3n) is 7.24. The van der Waals surface area contributed by atoms with Crippen LogP contribution < -0.4 is 5.32 Å². The highest BCUT2D eigenvalue weighted by atomic mass is 32.2. The lowest BCUT2D eigenvalue weighted by molar-refractivity contribution is -0.139. The maximum atomic E-state index is 13.4. The Hall–Kier alpha value is -3.47. The van der Waals surface area contributed by atoms with E-state index in [9.17, 15) is 18.0 Å². The first-order chi connectivity index (χ1) is 19.1. The van der Waals surface area contributed by atoms with Gasteiger partial charge >= 0.3 is 12.0 Å². The third-order valence-corrected chi connectivity index (χ3v) is 9.15. The van der Waals surface area contributed by atoms with Crippen LogP contribution in [0.2, 0.25) is 0 Å². The van der Waals surface area contributed by atoms with Gasteiger partial charge in [-0.15, -0.1) is 6.58 Å². The molecule has 0 bridgehead atoms.